The third-order valence-electron chi connectivity index (χ3n) is 4.17. The van der Waals surface area contributed by atoms with Crippen LogP contribution in [0.2, 0.25) is 5.02 Å². The summed E-state index contributed by atoms with van der Waals surface area (Å²) >= 11 is 7.03. The first kappa shape index (κ1) is 20.1. The number of anilines is 2. The van der Waals surface area contributed by atoms with Gasteiger partial charge in [0.15, 0.2) is 0 Å². The maximum Gasteiger partial charge on any atom is 0.295 e. The van der Waals surface area contributed by atoms with Gasteiger partial charge in [-0.05, 0) is 53.7 Å². The molecule has 2 aromatic carbocycles. The third kappa shape index (κ3) is 4.43. The number of hydrogen-bond donors (Lipinski definition) is 1. The van der Waals surface area contributed by atoms with Crippen LogP contribution in [-0.2, 0) is 4.79 Å². The Bertz CT molecular complexity index is 929. The first-order chi connectivity index (χ1) is 13.4. The molecule has 1 heterocycles. The van der Waals surface area contributed by atoms with Crippen LogP contribution in [0.5, 0.6) is 5.75 Å². The lowest BCUT2D eigenvalue weighted by Crippen LogP contribution is -2.33. The topological polar surface area (TPSA) is 61.9 Å². The number of rotatable bonds is 6. The molecule has 6 nitrogen and oxygen atoms in total. The van der Waals surface area contributed by atoms with Crippen molar-refractivity contribution >= 4 is 52.0 Å². The van der Waals surface area contributed by atoms with Gasteiger partial charge >= 0.3 is 0 Å². The van der Waals surface area contributed by atoms with Crippen LogP contribution in [-0.4, -0.2) is 43.9 Å². The molecule has 0 unspecified atom stereocenters. The van der Waals surface area contributed by atoms with Crippen LogP contribution >= 0.6 is 23.4 Å². The number of carbonyl (C=O) groups is 2. The van der Waals surface area contributed by atoms with Crippen LogP contribution in [0.25, 0.3) is 6.08 Å². The lowest BCUT2D eigenvalue weighted by atomic mass is 10.2. The molecule has 0 aromatic heterocycles. The Morgan fingerprint density at radius 2 is 1.89 bits per heavy atom. The quantitative estimate of drug-likeness (QED) is 0.697. The highest BCUT2D eigenvalue weighted by Gasteiger charge is 2.34. The molecule has 0 radical (unpaired) electrons. The maximum atomic E-state index is 12.6. The molecule has 28 heavy (non-hydrogen) atoms. The molecular formula is C20H20ClN3O3S. The van der Waals surface area contributed by atoms with E-state index in [2.05, 4.69) is 5.32 Å². The highest BCUT2D eigenvalue weighted by atomic mass is 35.5. The largest absolute Gasteiger partial charge is 0.495 e. The van der Waals surface area contributed by atoms with Gasteiger partial charge in [-0.3, -0.25) is 14.5 Å². The van der Waals surface area contributed by atoms with E-state index >= 15 is 0 Å². The Kier molecular flexibility index (Phi) is 6.16. The molecule has 1 aliphatic heterocycles. The molecule has 8 heteroatoms. The van der Waals surface area contributed by atoms with Crippen molar-refractivity contribution in [3.63, 3.8) is 0 Å². The Balaban J connectivity index is 1.68. The lowest BCUT2D eigenvalue weighted by Gasteiger charge is -2.15. The van der Waals surface area contributed by atoms with E-state index in [9.17, 15) is 9.59 Å². The summed E-state index contributed by atoms with van der Waals surface area (Å²) in [5.74, 6) is 0.236. The normalized spacial score (nSPS) is 15.3. The minimum absolute atomic E-state index is 0.0598. The first-order valence-electron chi connectivity index (χ1n) is 8.49. The fourth-order valence-electron chi connectivity index (χ4n) is 2.60. The Morgan fingerprint density at radius 3 is 2.50 bits per heavy atom. The van der Waals surface area contributed by atoms with E-state index in [1.807, 2.05) is 43.3 Å². The zero-order valence-corrected chi connectivity index (χ0v) is 17.3. The van der Waals surface area contributed by atoms with E-state index in [4.69, 9.17) is 16.3 Å². The van der Waals surface area contributed by atoms with Gasteiger partial charge in [-0.25, -0.2) is 0 Å². The average Bonchev–Trinajstić information content (AvgIpc) is 2.93. The van der Waals surface area contributed by atoms with Gasteiger partial charge in [0.2, 0.25) is 0 Å². The van der Waals surface area contributed by atoms with E-state index < -0.39 is 0 Å². The van der Waals surface area contributed by atoms with E-state index in [1.165, 1.54) is 12.0 Å². The van der Waals surface area contributed by atoms with Crippen LogP contribution in [0.3, 0.4) is 0 Å². The molecular weight excluding hydrogens is 398 g/mol. The smallest absolute Gasteiger partial charge is 0.295 e. The van der Waals surface area contributed by atoms with Crippen LogP contribution in [0.15, 0.2) is 47.4 Å². The standard InChI is InChI=1S/C20H20ClN3O3S/c1-23(2)15-7-4-13(5-8-15)10-18-19(25)24(20(26)28-18)12-22-14-6-9-17(27-3)16(21)11-14/h4-11,22H,12H2,1-3H3/b18-10-. The average molecular weight is 418 g/mol. The number of amides is 2. The summed E-state index contributed by atoms with van der Waals surface area (Å²) in [6.45, 7) is 0.0598. The molecule has 2 amide bonds. The molecule has 1 saturated heterocycles. The fraction of sp³-hybridized carbons (Fsp3) is 0.200. The second-order valence-electron chi connectivity index (χ2n) is 6.28. The van der Waals surface area contributed by atoms with Gasteiger partial charge in [0.05, 0.1) is 23.7 Å². The molecule has 0 bridgehead atoms. The number of imide groups is 1. The molecule has 3 rings (SSSR count). The van der Waals surface area contributed by atoms with Gasteiger partial charge in [-0.2, -0.15) is 0 Å². The number of halogens is 1. The van der Waals surface area contributed by atoms with E-state index in [1.54, 1.807) is 24.3 Å². The van der Waals surface area contributed by atoms with Crippen LogP contribution in [0.4, 0.5) is 16.2 Å². The highest BCUT2D eigenvalue weighted by Crippen LogP contribution is 2.33. The summed E-state index contributed by atoms with van der Waals surface area (Å²) in [6.07, 6.45) is 1.73. The van der Waals surface area contributed by atoms with Gasteiger partial charge in [0, 0.05) is 25.5 Å². The lowest BCUT2D eigenvalue weighted by molar-refractivity contribution is -0.122. The van der Waals surface area contributed by atoms with Gasteiger partial charge in [-0.15, -0.1) is 0 Å². The predicted octanol–water partition coefficient (Wildman–Crippen LogP) is 4.52. The van der Waals surface area contributed by atoms with Crippen molar-refractivity contribution < 1.29 is 14.3 Å². The Morgan fingerprint density at radius 1 is 1.18 bits per heavy atom. The van der Waals surface area contributed by atoms with Crippen LogP contribution < -0.4 is 15.0 Å². The van der Waals surface area contributed by atoms with E-state index in [-0.39, 0.29) is 17.8 Å². The number of hydrogen-bond acceptors (Lipinski definition) is 6. The zero-order valence-electron chi connectivity index (χ0n) is 15.7. The monoisotopic (exact) mass is 417 g/mol. The minimum Gasteiger partial charge on any atom is -0.495 e. The molecule has 146 valence electrons. The van der Waals surface area contributed by atoms with Gasteiger partial charge in [0.25, 0.3) is 11.1 Å². The van der Waals surface area contributed by atoms with E-state index in [0.717, 1.165) is 23.0 Å². The van der Waals surface area contributed by atoms with Crippen molar-refractivity contribution in [2.75, 3.05) is 38.1 Å². The molecule has 1 N–H and O–H groups in total. The second-order valence-corrected chi connectivity index (χ2v) is 7.68. The number of methoxy groups -OCH3 is 1. The molecule has 0 aliphatic carbocycles. The fourth-order valence-corrected chi connectivity index (χ4v) is 3.70. The van der Waals surface area contributed by atoms with Crippen molar-refractivity contribution in [1.82, 2.24) is 4.90 Å². The van der Waals surface area contributed by atoms with Crippen LogP contribution in [0.1, 0.15) is 5.56 Å². The number of nitrogens with zero attached hydrogens (tertiary/aromatic N) is 2. The minimum atomic E-state index is -0.321. The first-order valence-corrected chi connectivity index (χ1v) is 9.68. The number of carbonyl (C=O) groups excluding carboxylic acids is 2. The van der Waals surface area contributed by atoms with Gasteiger partial charge in [-0.1, -0.05) is 23.7 Å². The molecule has 0 atom stereocenters. The summed E-state index contributed by atoms with van der Waals surface area (Å²) in [4.78, 5) is 28.4. The molecule has 1 fully saturated rings. The van der Waals surface area contributed by atoms with Crippen LogP contribution in [0, 0.1) is 0 Å². The molecule has 0 saturated carbocycles. The van der Waals surface area contributed by atoms with Crippen molar-refractivity contribution in [3.8, 4) is 5.75 Å². The predicted molar refractivity (Wildman–Crippen MR) is 115 cm³/mol. The van der Waals surface area contributed by atoms with Crippen molar-refractivity contribution in [2.24, 2.45) is 0 Å². The maximum absolute atomic E-state index is 12.6. The van der Waals surface area contributed by atoms with Crippen molar-refractivity contribution in [3.05, 3.63) is 58.0 Å². The number of ether oxygens (including phenoxy) is 1. The number of nitrogens with one attached hydrogen (secondary N) is 1. The molecule has 2 aromatic rings. The summed E-state index contributed by atoms with van der Waals surface area (Å²) in [5, 5.41) is 3.18. The zero-order chi connectivity index (χ0) is 20.3. The second kappa shape index (κ2) is 8.58. The number of thioether (sulfide) groups is 1. The summed E-state index contributed by atoms with van der Waals surface area (Å²) in [5.41, 5.74) is 2.62. The SMILES string of the molecule is COc1ccc(NCN2C(=O)S/C(=C\c3ccc(N(C)C)cc3)C2=O)cc1Cl. The summed E-state index contributed by atoms with van der Waals surface area (Å²) in [6, 6.07) is 12.9. The van der Waals surface area contributed by atoms with Gasteiger partial charge < -0.3 is 15.0 Å². The molecule has 0 spiro atoms. The van der Waals surface area contributed by atoms with E-state index in [0.29, 0.717) is 21.4 Å². The summed E-state index contributed by atoms with van der Waals surface area (Å²) < 4.78 is 5.11. The Labute approximate surface area is 173 Å². The Hall–Kier alpha value is -2.64. The van der Waals surface area contributed by atoms with Gasteiger partial charge in [0.1, 0.15) is 5.75 Å². The van der Waals surface area contributed by atoms with Crippen molar-refractivity contribution in [2.45, 2.75) is 0 Å². The number of benzene rings is 2. The van der Waals surface area contributed by atoms with Crippen molar-refractivity contribution in [1.29, 1.82) is 0 Å². The highest BCUT2D eigenvalue weighted by molar-refractivity contribution is 8.18. The third-order valence-corrected chi connectivity index (χ3v) is 5.38. The molecule has 1 aliphatic rings. The summed E-state index contributed by atoms with van der Waals surface area (Å²) in [7, 11) is 5.46.